The number of amides is 2. The highest BCUT2D eigenvalue weighted by molar-refractivity contribution is 7.07. The van der Waals surface area contributed by atoms with Crippen molar-refractivity contribution in [2.24, 2.45) is 0 Å². The Morgan fingerprint density at radius 2 is 2.03 bits per heavy atom. The minimum absolute atomic E-state index is 0.128. The maximum Gasteiger partial charge on any atom is 0.270 e. The summed E-state index contributed by atoms with van der Waals surface area (Å²) in [7, 11) is 1.88. The summed E-state index contributed by atoms with van der Waals surface area (Å²) in [6, 6.07) is 8.86. The molecule has 11 heteroatoms. The lowest BCUT2D eigenvalue weighted by Gasteiger charge is -2.15. The minimum atomic E-state index is -0.757. The molecule has 0 saturated carbocycles. The van der Waals surface area contributed by atoms with Crippen molar-refractivity contribution in [1.82, 2.24) is 14.8 Å². The summed E-state index contributed by atoms with van der Waals surface area (Å²) in [6.45, 7) is 4.17. The van der Waals surface area contributed by atoms with Crippen LogP contribution in [-0.4, -0.2) is 54.6 Å². The molecule has 3 N–H and O–H groups in total. The van der Waals surface area contributed by atoms with Gasteiger partial charge in [0.25, 0.3) is 11.5 Å². The van der Waals surface area contributed by atoms with Crippen LogP contribution in [-0.2, 0) is 16.1 Å². The Bertz CT molecular complexity index is 1230. The van der Waals surface area contributed by atoms with Crippen molar-refractivity contribution < 1.29 is 14.0 Å². The van der Waals surface area contributed by atoms with Crippen molar-refractivity contribution in [2.75, 3.05) is 44.0 Å². The highest BCUT2D eigenvalue weighted by Gasteiger charge is 2.15. The number of hydrogen-bond acceptors (Lipinski definition) is 7. The Balaban J connectivity index is 2.30. The number of rotatable bonds is 11. The molecule has 0 aliphatic carbocycles. The molecule has 1 aromatic heterocycles. The third-order valence-corrected chi connectivity index (χ3v) is 5.82. The van der Waals surface area contributed by atoms with E-state index in [1.165, 1.54) is 10.8 Å². The van der Waals surface area contributed by atoms with E-state index in [1.807, 2.05) is 24.9 Å². The maximum atomic E-state index is 12.8. The van der Waals surface area contributed by atoms with E-state index in [4.69, 9.17) is 0 Å². The van der Waals surface area contributed by atoms with E-state index in [1.54, 1.807) is 31.2 Å². The van der Waals surface area contributed by atoms with Crippen LogP contribution in [0.25, 0.3) is 11.8 Å². The van der Waals surface area contributed by atoms with E-state index in [0.29, 0.717) is 15.9 Å². The first-order chi connectivity index (χ1) is 16.3. The van der Waals surface area contributed by atoms with Gasteiger partial charge in [-0.15, -0.1) is 11.3 Å². The summed E-state index contributed by atoms with van der Waals surface area (Å²) in [6.07, 6.45) is 2.45. The van der Waals surface area contributed by atoms with Crippen LogP contribution in [0, 0.1) is 11.3 Å². The van der Waals surface area contributed by atoms with Gasteiger partial charge in [0, 0.05) is 30.7 Å². The van der Waals surface area contributed by atoms with E-state index in [2.05, 4.69) is 16.0 Å². The van der Waals surface area contributed by atoms with Gasteiger partial charge in [0.05, 0.1) is 6.54 Å². The summed E-state index contributed by atoms with van der Waals surface area (Å²) < 4.78 is 14.2. The molecule has 0 saturated heterocycles. The van der Waals surface area contributed by atoms with E-state index < -0.39 is 12.6 Å². The lowest BCUT2D eigenvalue weighted by molar-refractivity contribution is -0.117. The van der Waals surface area contributed by atoms with Gasteiger partial charge in [0.2, 0.25) is 5.91 Å². The summed E-state index contributed by atoms with van der Waals surface area (Å²) in [5.74, 6) is -0.854. The van der Waals surface area contributed by atoms with Crippen molar-refractivity contribution >= 4 is 46.3 Å². The zero-order valence-corrected chi connectivity index (χ0v) is 20.3. The number of halogens is 1. The molecule has 0 aliphatic heterocycles. The van der Waals surface area contributed by atoms with Crippen LogP contribution in [0.15, 0.2) is 29.1 Å². The van der Waals surface area contributed by atoms with Gasteiger partial charge < -0.3 is 16.0 Å². The van der Waals surface area contributed by atoms with Crippen LogP contribution in [0.3, 0.4) is 0 Å². The lowest BCUT2D eigenvalue weighted by atomic mass is 10.2. The van der Waals surface area contributed by atoms with Gasteiger partial charge >= 0.3 is 0 Å². The number of nitriles is 1. The van der Waals surface area contributed by atoms with Crippen LogP contribution in [0.2, 0.25) is 0 Å². The molecule has 9 nitrogen and oxygen atoms in total. The third-order valence-electron chi connectivity index (χ3n) is 4.69. The molecule has 34 heavy (non-hydrogen) atoms. The molecule has 1 heterocycles. The molecule has 2 rings (SSSR count). The Hall–Kier alpha value is -3.49. The fraction of sp³-hybridized carbons (Fsp3) is 0.391. The number of anilines is 2. The molecule has 2 aromatic rings. The van der Waals surface area contributed by atoms with Crippen molar-refractivity contribution in [2.45, 2.75) is 26.8 Å². The van der Waals surface area contributed by atoms with E-state index >= 15 is 0 Å². The van der Waals surface area contributed by atoms with Crippen molar-refractivity contribution in [3.8, 4) is 6.07 Å². The average molecular weight is 489 g/mol. The number of benzene rings is 1. The van der Waals surface area contributed by atoms with Gasteiger partial charge in [0.1, 0.15) is 21.9 Å². The topological polar surface area (TPSA) is 119 Å². The Morgan fingerprint density at radius 3 is 2.68 bits per heavy atom. The van der Waals surface area contributed by atoms with Gasteiger partial charge in [0.15, 0.2) is 5.57 Å². The molecule has 0 radical (unpaired) electrons. The fourth-order valence-corrected chi connectivity index (χ4v) is 4.27. The molecule has 0 aliphatic rings. The first kappa shape index (κ1) is 26.8. The number of carbonyl (C=O) groups excluding carboxylic acids is 2. The fourth-order valence-electron chi connectivity index (χ4n) is 3.18. The molecule has 0 unspecified atom stereocenters. The highest BCUT2D eigenvalue weighted by Crippen LogP contribution is 2.15. The van der Waals surface area contributed by atoms with Crippen molar-refractivity contribution in [3.63, 3.8) is 0 Å². The number of thiazole rings is 1. The monoisotopic (exact) mass is 488 g/mol. The van der Waals surface area contributed by atoms with E-state index in [-0.39, 0.29) is 41.3 Å². The van der Waals surface area contributed by atoms with Gasteiger partial charge in [-0.3, -0.25) is 23.9 Å². The number of alkyl halides is 1. The van der Waals surface area contributed by atoms with Gasteiger partial charge in [-0.25, -0.2) is 4.39 Å². The van der Waals surface area contributed by atoms with Crippen LogP contribution in [0.5, 0.6) is 0 Å². The number of carbonyl (C=O) groups is 2. The van der Waals surface area contributed by atoms with Gasteiger partial charge in [-0.2, -0.15) is 5.26 Å². The predicted octanol–water partition coefficient (Wildman–Crippen LogP) is 0.820. The second kappa shape index (κ2) is 13.3. The molecule has 0 fully saturated rings. The van der Waals surface area contributed by atoms with Crippen molar-refractivity contribution in [1.29, 1.82) is 5.26 Å². The lowest BCUT2D eigenvalue weighted by Crippen LogP contribution is -2.35. The zero-order chi connectivity index (χ0) is 25.1. The predicted molar refractivity (Wildman–Crippen MR) is 132 cm³/mol. The SMILES string of the molecule is CCCN(C)CC(=O)Nc1cccc(NC=c2sc(=C(C#N)C(=O)NCCF)n(CC)c2=O)c1. The first-order valence-electron chi connectivity index (χ1n) is 10.9. The zero-order valence-electron chi connectivity index (χ0n) is 19.5. The Kier molecular flexibility index (Phi) is 10.4. The quantitative estimate of drug-likeness (QED) is 0.431. The van der Waals surface area contributed by atoms with Crippen molar-refractivity contribution in [3.05, 3.63) is 43.8 Å². The molecular formula is C23H29FN6O3S. The number of nitrogens with one attached hydrogen (secondary N) is 3. The second-order valence-electron chi connectivity index (χ2n) is 7.41. The maximum absolute atomic E-state index is 12.8. The highest BCUT2D eigenvalue weighted by atomic mass is 32.1. The smallest absolute Gasteiger partial charge is 0.270 e. The minimum Gasteiger partial charge on any atom is -0.360 e. The molecule has 0 atom stereocenters. The largest absolute Gasteiger partial charge is 0.360 e. The van der Waals surface area contributed by atoms with Crippen LogP contribution in [0.4, 0.5) is 15.8 Å². The molecule has 1 aromatic carbocycles. The molecular weight excluding hydrogens is 459 g/mol. The Morgan fingerprint density at radius 1 is 1.29 bits per heavy atom. The summed E-state index contributed by atoms with van der Waals surface area (Å²) >= 11 is 0.994. The normalized spacial score (nSPS) is 12.3. The van der Waals surface area contributed by atoms with Gasteiger partial charge in [-0.1, -0.05) is 13.0 Å². The van der Waals surface area contributed by atoms with Crippen LogP contribution >= 0.6 is 11.3 Å². The van der Waals surface area contributed by atoms with E-state index in [9.17, 15) is 24.0 Å². The van der Waals surface area contributed by atoms with Gasteiger partial charge in [-0.05, 0) is 45.1 Å². The van der Waals surface area contributed by atoms with E-state index in [0.717, 1.165) is 24.3 Å². The molecule has 2 amide bonds. The number of aromatic nitrogens is 1. The average Bonchev–Trinajstić information content (AvgIpc) is 3.11. The molecule has 0 spiro atoms. The molecule has 0 bridgehead atoms. The summed E-state index contributed by atoms with van der Waals surface area (Å²) in [5.41, 5.74) is 0.650. The standard InChI is InChI=1S/C23H29FN6O3S/c1-4-11-29(3)15-20(31)28-17-8-6-7-16(12-17)27-14-19-22(33)30(5-2)23(34-19)18(13-25)21(32)26-10-9-24/h6-8,12,14,27H,4-5,9-11,15H2,1-3H3,(H,26,32)(H,28,31). The number of nitrogens with zero attached hydrogens (tertiary/aromatic N) is 3. The third kappa shape index (κ3) is 7.26. The first-order valence-corrected chi connectivity index (χ1v) is 11.7. The second-order valence-corrected chi connectivity index (χ2v) is 8.44. The van der Waals surface area contributed by atoms with Crippen LogP contribution < -0.4 is 30.7 Å². The molecule has 182 valence electrons. The summed E-state index contributed by atoms with van der Waals surface area (Å²) in [5, 5.41) is 17.6. The van der Waals surface area contributed by atoms with Crippen LogP contribution in [0.1, 0.15) is 20.3 Å². The number of hydrogen-bond donors (Lipinski definition) is 3. The Labute approximate surface area is 201 Å². The number of likely N-dealkylation sites (N-methyl/N-ethyl adjacent to an activating group) is 1. The summed E-state index contributed by atoms with van der Waals surface area (Å²) in [4.78, 5) is 39.2.